The third-order valence-corrected chi connectivity index (χ3v) is 4.53. The fourth-order valence-electron chi connectivity index (χ4n) is 3.13. The largest absolute Gasteiger partial charge is 0.497 e. The van der Waals surface area contributed by atoms with Gasteiger partial charge in [0.05, 0.1) is 12.8 Å². The average Bonchev–Trinajstić information content (AvgIpc) is 2.46. The summed E-state index contributed by atoms with van der Waals surface area (Å²) in [5, 5.41) is 3.61. The highest BCUT2D eigenvalue weighted by atomic mass is 16.5. The van der Waals surface area contributed by atoms with Gasteiger partial charge in [0.25, 0.3) is 0 Å². The van der Waals surface area contributed by atoms with E-state index >= 15 is 0 Å². The SMILES string of the molecule is CCC(C)C1CNC(C)CN1Cc1cc(OC)cc(C)n1. The van der Waals surface area contributed by atoms with Crippen LogP contribution in [0.5, 0.6) is 5.75 Å². The van der Waals surface area contributed by atoms with Crippen LogP contribution in [0, 0.1) is 12.8 Å². The molecule has 0 aliphatic carbocycles. The van der Waals surface area contributed by atoms with E-state index in [9.17, 15) is 0 Å². The molecule has 1 fully saturated rings. The normalized spacial score (nSPS) is 24.8. The van der Waals surface area contributed by atoms with Crippen molar-refractivity contribution in [1.29, 1.82) is 0 Å². The minimum Gasteiger partial charge on any atom is -0.497 e. The summed E-state index contributed by atoms with van der Waals surface area (Å²) in [6.07, 6.45) is 1.21. The fourth-order valence-corrected chi connectivity index (χ4v) is 3.13. The Morgan fingerprint density at radius 2 is 2.24 bits per heavy atom. The maximum Gasteiger partial charge on any atom is 0.122 e. The highest BCUT2D eigenvalue weighted by Crippen LogP contribution is 2.22. The van der Waals surface area contributed by atoms with Crippen LogP contribution in [-0.4, -0.2) is 42.2 Å². The molecule has 2 heterocycles. The maximum absolute atomic E-state index is 5.37. The maximum atomic E-state index is 5.37. The van der Waals surface area contributed by atoms with Crippen LogP contribution >= 0.6 is 0 Å². The Morgan fingerprint density at radius 3 is 2.90 bits per heavy atom. The van der Waals surface area contributed by atoms with Gasteiger partial charge in [-0.1, -0.05) is 20.3 Å². The first-order chi connectivity index (χ1) is 10.0. The zero-order chi connectivity index (χ0) is 15.4. The van der Waals surface area contributed by atoms with Crippen LogP contribution in [0.4, 0.5) is 0 Å². The number of piperazine rings is 1. The van der Waals surface area contributed by atoms with Crippen molar-refractivity contribution in [3.63, 3.8) is 0 Å². The second kappa shape index (κ2) is 7.23. The zero-order valence-electron chi connectivity index (χ0n) is 14.0. The summed E-state index contributed by atoms with van der Waals surface area (Å²) in [5.41, 5.74) is 2.13. The van der Waals surface area contributed by atoms with Gasteiger partial charge in [0.1, 0.15) is 5.75 Å². The molecule has 1 saturated heterocycles. The van der Waals surface area contributed by atoms with E-state index < -0.39 is 0 Å². The zero-order valence-corrected chi connectivity index (χ0v) is 14.0. The van der Waals surface area contributed by atoms with E-state index in [-0.39, 0.29) is 0 Å². The van der Waals surface area contributed by atoms with Crippen LogP contribution in [0.25, 0.3) is 0 Å². The summed E-state index contributed by atoms with van der Waals surface area (Å²) in [7, 11) is 1.72. The van der Waals surface area contributed by atoms with Crippen molar-refractivity contribution < 1.29 is 4.74 Å². The Labute approximate surface area is 128 Å². The Hall–Kier alpha value is -1.13. The van der Waals surface area contributed by atoms with Crippen molar-refractivity contribution in [3.05, 3.63) is 23.5 Å². The third-order valence-electron chi connectivity index (χ3n) is 4.53. The first kappa shape index (κ1) is 16.2. The van der Waals surface area contributed by atoms with Crippen molar-refractivity contribution in [2.45, 2.75) is 52.7 Å². The van der Waals surface area contributed by atoms with Gasteiger partial charge in [0.15, 0.2) is 0 Å². The molecular formula is C17H29N3O. The van der Waals surface area contributed by atoms with E-state index in [0.717, 1.165) is 36.8 Å². The molecule has 0 spiro atoms. The molecule has 1 aliphatic heterocycles. The molecule has 4 nitrogen and oxygen atoms in total. The number of rotatable bonds is 5. The third kappa shape index (κ3) is 4.17. The van der Waals surface area contributed by atoms with E-state index in [2.05, 4.69) is 42.0 Å². The number of ether oxygens (including phenoxy) is 1. The van der Waals surface area contributed by atoms with E-state index in [1.165, 1.54) is 6.42 Å². The quantitative estimate of drug-likeness (QED) is 0.905. The molecule has 1 N–H and O–H groups in total. The van der Waals surface area contributed by atoms with Crippen molar-refractivity contribution in [2.24, 2.45) is 5.92 Å². The second-order valence-electron chi connectivity index (χ2n) is 6.33. The Bertz CT molecular complexity index is 463. The highest BCUT2D eigenvalue weighted by Gasteiger charge is 2.29. The lowest BCUT2D eigenvalue weighted by atomic mass is 9.94. The number of nitrogens with zero attached hydrogens (tertiary/aromatic N) is 2. The fraction of sp³-hybridized carbons (Fsp3) is 0.706. The molecule has 3 unspecified atom stereocenters. The van der Waals surface area contributed by atoms with Crippen LogP contribution < -0.4 is 10.1 Å². The molecule has 1 aromatic rings. The summed E-state index contributed by atoms with van der Waals surface area (Å²) < 4.78 is 5.37. The number of hydrogen-bond donors (Lipinski definition) is 1. The van der Waals surface area contributed by atoms with E-state index in [4.69, 9.17) is 4.74 Å². The molecule has 21 heavy (non-hydrogen) atoms. The van der Waals surface area contributed by atoms with Crippen LogP contribution in [0.15, 0.2) is 12.1 Å². The van der Waals surface area contributed by atoms with Crippen molar-refractivity contribution in [1.82, 2.24) is 15.2 Å². The predicted octanol–water partition coefficient (Wildman–Crippen LogP) is 2.61. The molecule has 0 amide bonds. The van der Waals surface area contributed by atoms with Crippen molar-refractivity contribution in [3.8, 4) is 5.75 Å². The molecule has 2 rings (SSSR count). The van der Waals surface area contributed by atoms with Crippen molar-refractivity contribution in [2.75, 3.05) is 20.2 Å². The monoisotopic (exact) mass is 291 g/mol. The first-order valence-electron chi connectivity index (χ1n) is 8.02. The van der Waals surface area contributed by atoms with Gasteiger partial charge in [0, 0.05) is 49.5 Å². The lowest BCUT2D eigenvalue weighted by Crippen LogP contribution is -2.57. The number of hydrogen-bond acceptors (Lipinski definition) is 4. The molecule has 1 aromatic heterocycles. The summed E-state index contributed by atoms with van der Waals surface area (Å²) in [4.78, 5) is 7.26. The number of aromatic nitrogens is 1. The molecule has 0 bridgehead atoms. The summed E-state index contributed by atoms with van der Waals surface area (Å²) >= 11 is 0. The molecule has 4 heteroatoms. The Balaban J connectivity index is 2.15. The molecule has 0 radical (unpaired) electrons. The van der Waals surface area contributed by atoms with Crippen LogP contribution in [-0.2, 0) is 6.54 Å². The minimum atomic E-state index is 0.539. The number of aryl methyl sites for hydroxylation is 1. The van der Waals surface area contributed by atoms with Gasteiger partial charge in [-0.3, -0.25) is 9.88 Å². The summed E-state index contributed by atoms with van der Waals surface area (Å²) in [5.74, 6) is 1.59. The predicted molar refractivity (Wildman–Crippen MR) is 86.6 cm³/mol. The van der Waals surface area contributed by atoms with E-state index in [1.807, 2.05) is 13.0 Å². The number of pyridine rings is 1. The van der Waals surface area contributed by atoms with Gasteiger partial charge in [-0.2, -0.15) is 0 Å². The average molecular weight is 291 g/mol. The smallest absolute Gasteiger partial charge is 0.122 e. The molecule has 0 aromatic carbocycles. The van der Waals surface area contributed by atoms with Gasteiger partial charge in [-0.25, -0.2) is 0 Å². The lowest BCUT2D eigenvalue weighted by molar-refractivity contribution is 0.0872. The summed E-state index contributed by atoms with van der Waals surface area (Å²) in [6, 6.07) is 5.17. The molecule has 118 valence electrons. The lowest BCUT2D eigenvalue weighted by Gasteiger charge is -2.42. The molecular weight excluding hydrogens is 262 g/mol. The van der Waals surface area contributed by atoms with Gasteiger partial charge in [0.2, 0.25) is 0 Å². The van der Waals surface area contributed by atoms with Crippen LogP contribution in [0.1, 0.15) is 38.6 Å². The second-order valence-corrected chi connectivity index (χ2v) is 6.33. The topological polar surface area (TPSA) is 37.4 Å². The van der Waals surface area contributed by atoms with Crippen LogP contribution in [0.2, 0.25) is 0 Å². The minimum absolute atomic E-state index is 0.539. The standard InChI is InChI=1S/C17H29N3O/c1-6-12(2)17-9-18-14(4)10-20(17)11-15-8-16(21-5)7-13(3)19-15/h7-8,12,14,17-18H,6,9-11H2,1-5H3. The Kier molecular flexibility index (Phi) is 5.59. The van der Waals surface area contributed by atoms with E-state index in [0.29, 0.717) is 18.0 Å². The van der Waals surface area contributed by atoms with Gasteiger partial charge in [-0.15, -0.1) is 0 Å². The number of nitrogens with one attached hydrogen (secondary N) is 1. The van der Waals surface area contributed by atoms with Crippen LogP contribution in [0.3, 0.4) is 0 Å². The number of methoxy groups -OCH3 is 1. The van der Waals surface area contributed by atoms with Gasteiger partial charge >= 0.3 is 0 Å². The van der Waals surface area contributed by atoms with Gasteiger partial charge < -0.3 is 10.1 Å². The first-order valence-corrected chi connectivity index (χ1v) is 8.02. The molecule has 3 atom stereocenters. The highest BCUT2D eigenvalue weighted by molar-refractivity contribution is 5.26. The van der Waals surface area contributed by atoms with Gasteiger partial charge in [-0.05, 0) is 19.8 Å². The molecule has 0 saturated carbocycles. The summed E-state index contributed by atoms with van der Waals surface area (Å²) in [6.45, 7) is 11.9. The van der Waals surface area contributed by atoms with E-state index in [1.54, 1.807) is 7.11 Å². The Morgan fingerprint density at radius 1 is 1.48 bits per heavy atom. The molecule has 1 aliphatic rings. The van der Waals surface area contributed by atoms with Crippen molar-refractivity contribution >= 4 is 0 Å².